The molecule has 1 aliphatic heterocycles. The molecule has 0 unspecified atom stereocenters. The molecule has 0 amide bonds. The number of hydrogen-bond donors (Lipinski definition) is 0. The van der Waals surface area contributed by atoms with Crippen LogP contribution in [-0.4, -0.2) is 4.70 Å². The van der Waals surface area contributed by atoms with Crippen molar-refractivity contribution in [2.24, 2.45) is 0 Å². The van der Waals surface area contributed by atoms with Gasteiger partial charge in [0.25, 0.3) is 0 Å². The molecule has 2 nitrogen and oxygen atoms in total. The van der Waals surface area contributed by atoms with Crippen LogP contribution in [0.4, 0.5) is 0 Å². The number of benzene rings is 2. The van der Waals surface area contributed by atoms with Crippen molar-refractivity contribution in [3.63, 3.8) is 0 Å². The maximum atomic E-state index is 12.4. The Morgan fingerprint density at radius 1 is 0.418 bits per heavy atom. The summed E-state index contributed by atoms with van der Waals surface area (Å²) in [5.74, 6) is 7.41. The third-order valence-electron chi connectivity index (χ3n) is 13.9. The van der Waals surface area contributed by atoms with Crippen molar-refractivity contribution in [2.45, 2.75) is 285 Å². The molecule has 0 bridgehead atoms. The van der Waals surface area contributed by atoms with Gasteiger partial charge in [0.1, 0.15) is 5.57 Å². The molecule has 0 N–H and O–H groups in total. The van der Waals surface area contributed by atoms with Gasteiger partial charge in [0, 0.05) is 23.1 Å². The molecule has 382 valence electrons. The first-order chi connectivity index (χ1) is 33.1. The van der Waals surface area contributed by atoms with Crippen LogP contribution in [0, 0.1) is 11.8 Å². The molecule has 2 aromatic carbocycles. The first-order valence-corrected chi connectivity index (χ1v) is 34.9. The number of rotatable bonds is 41. The zero-order valence-electron chi connectivity index (χ0n) is 43.9. The minimum atomic E-state index is 0.890. The van der Waals surface area contributed by atoms with E-state index in [1.54, 1.807) is 12.8 Å². The summed E-state index contributed by atoms with van der Waals surface area (Å²) in [5.41, 5.74) is 21.5. The molecule has 1 heterocycles. The van der Waals surface area contributed by atoms with E-state index in [0.717, 1.165) is 66.6 Å². The van der Waals surface area contributed by atoms with E-state index in [0.29, 0.717) is 0 Å². The van der Waals surface area contributed by atoms with Crippen LogP contribution in [0.5, 0.6) is 0 Å². The van der Waals surface area contributed by atoms with Gasteiger partial charge in [-0.3, -0.25) is 0 Å². The fraction of sp³-hybridized carbons (Fsp3) is 0.710. The van der Waals surface area contributed by atoms with Gasteiger partial charge in [-0.25, -0.2) is 4.70 Å². The molecule has 0 radical (unpaired) electrons. The van der Waals surface area contributed by atoms with Crippen LogP contribution in [0.3, 0.4) is 0 Å². The Hall–Kier alpha value is -0.966. The number of allylic oxidation sites excluding steroid dienone is 2. The van der Waals surface area contributed by atoms with Crippen LogP contribution in [0.25, 0.3) is 16.9 Å². The molecule has 0 saturated carbocycles. The standard InChI is InChI=1S/C62H100N2.2HI.Ni/c1-5-9-13-17-19-20-21-22-23-24-25-26-27-28-29-30-31-32-33-34-35-36-38-42-52-60-59(51-41-37-18-14-10-6-2)61(57-49-43-47-55(53-57)45-39-15-11-7-3)64(63)62(60)58-50-44-48-56(54-58)46-40-16-12-8-4;;;/h43-44,47-50,53-54H,5-41,45-46,51H2,1-4H3;2*1H;/q;;;+2/p-2. The Morgan fingerprint density at radius 3 is 1.12 bits per heavy atom. The molecule has 0 aliphatic carbocycles. The first kappa shape index (κ1) is 62.2. The van der Waals surface area contributed by atoms with Crippen LogP contribution in [0.2, 0.25) is 0 Å². The monoisotopic (exact) mass is 1180 g/mol. The van der Waals surface area contributed by atoms with Gasteiger partial charge in [0.15, 0.2) is 0 Å². The van der Waals surface area contributed by atoms with Gasteiger partial charge >= 0.3 is 49.0 Å². The van der Waals surface area contributed by atoms with E-state index >= 15 is 0 Å². The van der Waals surface area contributed by atoms with Gasteiger partial charge in [-0.1, -0.05) is 269 Å². The van der Waals surface area contributed by atoms with E-state index < -0.39 is 0 Å². The summed E-state index contributed by atoms with van der Waals surface area (Å²) in [4.78, 5) is 0. The zero-order valence-corrected chi connectivity index (χ0v) is 49.2. The van der Waals surface area contributed by atoms with Gasteiger partial charge in [0.2, 0.25) is 11.4 Å². The molecular formula is C62H100I2N2Ni. The van der Waals surface area contributed by atoms with E-state index in [1.807, 2.05) is 0 Å². The van der Waals surface area contributed by atoms with Gasteiger partial charge in [0.05, 0.1) is 0 Å². The Balaban J connectivity index is 0.00000499. The normalized spacial score (nSPS) is 12.5. The fourth-order valence-corrected chi connectivity index (χ4v) is 9.86. The second kappa shape index (κ2) is 44.9. The fourth-order valence-electron chi connectivity index (χ4n) is 9.86. The van der Waals surface area contributed by atoms with Gasteiger partial charge in [-0.05, 0) is 80.3 Å². The van der Waals surface area contributed by atoms with E-state index in [2.05, 4.69) is 129 Å². The summed E-state index contributed by atoms with van der Waals surface area (Å²) >= 11 is 4.43. The second-order valence-electron chi connectivity index (χ2n) is 19.9. The molecular weight excluding hydrogens is 1090 g/mol. The SMILES string of the molecule is CCCCCCCCCCCCCCCCCCCCCCCCC#CC1=C(c2cccc(CCCCCC)c2)[N+](=[N-])C(c2cccc(CCCCCC)c2)=C1CCCCCCCC.[I][Ni][I]. The third-order valence-corrected chi connectivity index (χ3v) is 13.9. The van der Waals surface area contributed by atoms with E-state index in [9.17, 15) is 5.53 Å². The Bertz CT molecular complexity index is 1650. The number of aryl methyl sites for hydroxylation is 2. The van der Waals surface area contributed by atoms with Gasteiger partial charge in [-0.15, -0.1) is 0 Å². The Kier molecular flexibility index (Phi) is 41.7. The van der Waals surface area contributed by atoms with Crippen molar-refractivity contribution in [1.29, 1.82) is 0 Å². The quantitative estimate of drug-likeness (QED) is 0.0208. The van der Waals surface area contributed by atoms with Crippen molar-refractivity contribution in [1.82, 2.24) is 0 Å². The Labute approximate surface area is 445 Å². The molecule has 3 rings (SSSR count). The van der Waals surface area contributed by atoms with Crippen molar-refractivity contribution < 1.29 is 12.8 Å². The topological polar surface area (TPSA) is 25.3 Å². The average molecular weight is 1190 g/mol. The number of unbranched alkanes of at least 4 members (excludes halogenated alkanes) is 33. The summed E-state index contributed by atoms with van der Waals surface area (Å²) in [6.45, 7) is 9.17. The predicted molar refractivity (Wildman–Crippen MR) is 312 cm³/mol. The summed E-state index contributed by atoms with van der Waals surface area (Å²) < 4.78 is 1.54. The van der Waals surface area contributed by atoms with E-state index in [1.165, 1.54) is 235 Å². The third kappa shape index (κ3) is 29.9. The number of halogens is 2. The van der Waals surface area contributed by atoms with E-state index in [-0.39, 0.29) is 0 Å². The summed E-state index contributed by atoms with van der Waals surface area (Å²) in [7, 11) is 1.56. The molecule has 0 spiro atoms. The molecule has 0 aromatic heterocycles. The number of nitrogens with zero attached hydrogens (tertiary/aromatic N) is 2. The van der Waals surface area contributed by atoms with Crippen LogP contribution in [0.15, 0.2) is 59.7 Å². The average Bonchev–Trinajstić information content (AvgIpc) is 3.62. The van der Waals surface area contributed by atoms with Crippen LogP contribution in [0.1, 0.15) is 294 Å². The summed E-state index contributed by atoms with van der Waals surface area (Å²) in [6, 6.07) is 18.0. The first-order valence-electron chi connectivity index (χ1n) is 28.5. The number of hydrogen-bond acceptors (Lipinski definition) is 0. The van der Waals surface area contributed by atoms with Gasteiger partial charge < -0.3 is 5.53 Å². The summed E-state index contributed by atoms with van der Waals surface area (Å²) in [5, 5.41) is 0. The van der Waals surface area contributed by atoms with Crippen molar-refractivity contribution in [3.8, 4) is 11.8 Å². The molecule has 0 fully saturated rings. The molecule has 0 saturated heterocycles. The minimum absolute atomic E-state index is 0.890. The van der Waals surface area contributed by atoms with Crippen LogP contribution in [-0.2, 0) is 20.9 Å². The van der Waals surface area contributed by atoms with Crippen molar-refractivity contribution >= 4 is 52.4 Å². The molecule has 67 heavy (non-hydrogen) atoms. The van der Waals surface area contributed by atoms with Crippen molar-refractivity contribution in [3.05, 3.63) is 87.5 Å². The van der Waals surface area contributed by atoms with Gasteiger partial charge in [-0.2, -0.15) is 0 Å². The van der Waals surface area contributed by atoms with Crippen LogP contribution < -0.4 is 0 Å². The molecule has 5 heteroatoms. The van der Waals surface area contributed by atoms with Crippen LogP contribution >= 0.6 is 41.0 Å². The van der Waals surface area contributed by atoms with Crippen molar-refractivity contribution in [2.75, 3.05) is 0 Å². The molecule has 1 aliphatic rings. The predicted octanol–water partition coefficient (Wildman–Crippen LogP) is 22.6. The zero-order chi connectivity index (χ0) is 48.3. The van der Waals surface area contributed by atoms with E-state index in [4.69, 9.17) is 0 Å². The Morgan fingerprint density at radius 2 is 0.731 bits per heavy atom. The summed E-state index contributed by atoms with van der Waals surface area (Å²) in [6.07, 6.45) is 52.7. The molecule has 2 aromatic rings. The second-order valence-corrected chi connectivity index (χ2v) is 28.3. The maximum absolute atomic E-state index is 12.4. The molecule has 0 atom stereocenters.